The molecule has 2 aromatic carbocycles. The zero-order valence-electron chi connectivity index (χ0n) is 11.1. The third-order valence-electron chi connectivity index (χ3n) is 3.65. The van der Waals surface area contributed by atoms with Crippen molar-refractivity contribution in [3.8, 4) is 0 Å². The fourth-order valence-corrected chi connectivity index (χ4v) is 6.04. The fourth-order valence-electron chi connectivity index (χ4n) is 2.81. The van der Waals surface area contributed by atoms with Crippen LogP contribution in [-0.2, 0) is 4.51 Å². The Balaban J connectivity index is 2.33. The zero-order valence-corrected chi connectivity index (χ0v) is 17.5. The number of rotatable bonds is 3. The number of benzene rings is 2. The quantitative estimate of drug-likeness (QED) is 0.374. The molecule has 3 rings (SSSR count). The summed E-state index contributed by atoms with van der Waals surface area (Å²) in [6.45, 7) is 2.03. The summed E-state index contributed by atoms with van der Waals surface area (Å²) in [7, 11) is 0. The Morgan fingerprint density at radius 2 is 1.86 bits per heavy atom. The molecule has 0 saturated heterocycles. The molecule has 0 spiro atoms. The highest BCUT2D eigenvalue weighted by Gasteiger charge is 2.31. The van der Waals surface area contributed by atoms with E-state index in [0.29, 0.717) is 6.42 Å². The molecule has 2 unspecified atom stereocenters. The molecule has 1 nitrogen and oxygen atoms in total. The van der Waals surface area contributed by atoms with Gasteiger partial charge in [-0.1, -0.05) is 79.0 Å². The molecule has 21 heavy (non-hydrogen) atoms. The highest BCUT2D eigenvalue weighted by atomic mass is 79.9. The predicted octanol–water partition coefficient (Wildman–Crippen LogP) is 6.56. The van der Waals surface area contributed by atoms with Gasteiger partial charge in [0.2, 0.25) is 0 Å². The van der Waals surface area contributed by atoms with Crippen LogP contribution in [0, 0.1) is 0 Å². The molecular formula is C16H12Br4O. The van der Waals surface area contributed by atoms with Gasteiger partial charge in [0.1, 0.15) is 4.51 Å². The van der Waals surface area contributed by atoms with Crippen LogP contribution in [0.4, 0.5) is 0 Å². The van der Waals surface area contributed by atoms with Crippen molar-refractivity contribution in [2.75, 3.05) is 0 Å². The maximum atomic E-state index is 10.9. The molecule has 1 N–H and O–H groups in total. The van der Waals surface area contributed by atoms with Crippen molar-refractivity contribution in [1.82, 2.24) is 0 Å². The van der Waals surface area contributed by atoms with Gasteiger partial charge in [0.15, 0.2) is 0 Å². The van der Waals surface area contributed by atoms with Gasteiger partial charge in [-0.2, -0.15) is 0 Å². The average Bonchev–Trinajstić information content (AvgIpc) is 2.78. The van der Waals surface area contributed by atoms with Gasteiger partial charge in [-0.25, -0.2) is 0 Å². The van der Waals surface area contributed by atoms with Gasteiger partial charge < -0.3 is 5.11 Å². The molecule has 0 aliphatic heterocycles. The second-order valence-electron chi connectivity index (χ2n) is 5.28. The van der Waals surface area contributed by atoms with Gasteiger partial charge in [0.05, 0.1) is 0 Å². The Morgan fingerprint density at radius 1 is 1.14 bits per heavy atom. The van der Waals surface area contributed by atoms with Crippen LogP contribution in [0.15, 0.2) is 27.1 Å². The average molecular weight is 540 g/mol. The van der Waals surface area contributed by atoms with Gasteiger partial charge in [0, 0.05) is 31.1 Å². The summed E-state index contributed by atoms with van der Waals surface area (Å²) >= 11 is 14.3. The van der Waals surface area contributed by atoms with Crippen LogP contribution in [-0.4, -0.2) is 9.93 Å². The number of halogens is 4. The predicted molar refractivity (Wildman–Crippen MR) is 104 cm³/mol. The van der Waals surface area contributed by atoms with Gasteiger partial charge in [-0.05, 0) is 38.5 Å². The summed E-state index contributed by atoms with van der Waals surface area (Å²) in [4.78, 5) is 0.202. The van der Waals surface area contributed by atoms with Crippen LogP contribution in [0.2, 0.25) is 0 Å². The van der Waals surface area contributed by atoms with Crippen molar-refractivity contribution in [2.24, 2.45) is 0 Å². The van der Waals surface area contributed by atoms with E-state index in [9.17, 15) is 5.11 Å². The van der Waals surface area contributed by atoms with Gasteiger partial charge >= 0.3 is 0 Å². The van der Waals surface area contributed by atoms with Crippen LogP contribution in [0.3, 0.4) is 0 Å². The lowest BCUT2D eigenvalue weighted by Crippen LogP contribution is -2.21. The molecule has 0 heterocycles. The number of hydrogen-bond donors (Lipinski definition) is 1. The minimum Gasteiger partial charge on any atom is -0.375 e. The maximum Gasteiger partial charge on any atom is 0.146 e. The summed E-state index contributed by atoms with van der Waals surface area (Å²) in [5, 5.41) is 13.1. The molecule has 2 aromatic rings. The van der Waals surface area contributed by atoms with Crippen LogP contribution in [0.5, 0.6) is 0 Å². The van der Waals surface area contributed by atoms with E-state index in [0.717, 1.165) is 19.9 Å². The van der Waals surface area contributed by atoms with Crippen LogP contribution < -0.4 is 0 Å². The first-order valence-corrected chi connectivity index (χ1v) is 9.79. The van der Waals surface area contributed by atoms with E-state index >= 15 is 0 Å². The third-order valence-corrected chi connectivity index (χ3v) is 6.01. The van der Waals surface area contributed by atoms with Gasteiger partial charge in [-0.15, -0.1) is 0 Å². The Bertz CT molecular complexity index is 763. The summed E-state index contributed by atoms with van der Waals surface area (Å²) in [5.41, 5.74) is 3.23. The maximum absolute atomic E-state index is 10.9. The SMILES string of the molecule is CC(Br)CC(O)(Br)c1ccc2c3c(c(Br)cc(Br)c13)C=C2. The lowest BCUT2D eigenvalue weighted by Gasteiger charge is -2.26. The lowest BCUT2D eigenvalue weighted by molar-refractivity contribution is 0.138. The van der Waals surface area contributed by atoms with E-state index in [2.05, 4.69) is 81.9 Å². The topological polar surface area (TPSA) is 20.2 Å². The second kappa shape index (κ2) is 5.75. The first-order chi connectivity index (χ1) is 9.81. The molecule has 0 aromatic heterocycles. The highest BCUT2D eigenvalue weighted by molar-refractivity contribution is 9.11. The van der Waals surface area contributed by atoms with Crippen LogP contribution in [0.25, 0.3) is 22.9 Å². The van der Waals surface area contributed by atoms with E-state index in [1.807, 2.05) is 19.1 Å². The molecule has 2 atom stereocenters. The molecule has 0 radical (unpaired) electrons. The minimum atomic E-state index is -1.06. The Kier molecular flexibility index (Phi) is 4.43. The molecule has 0 fully saturated rings. The largest absolute Gasteiger partial charge is 0.375 e. The van der Waals surface area contributed by atoms with Crippen molar-refractivity contribution < 1.29 is 5.11 Å². The molecular weight excluding hydrogens is 528 g/mol. The summed E-state index contributed by atoms with van der Waals surface area (Å²) in [6.07, 6.45) is 4.80. The molecule has 5 heteroatoms. The van der Waals surface area contributed by atoms with Crippen LogP contribution >= 0.6 is 63.7 Å². The monoisotopic (exact) mass is 536 g/mol. The van der Waals surface area contributed by atoms with Gasteiger partial charge in [-0.3, -0.25) is 0 Å². The van der Waals surface area contributed by atoms with Crippen molar-refractivity contribution in [3.05, 3.63) is 43.8 Å². The van der Waals surface area contributed by atoms with Crippen molar-refractivity contribution in [3.63, 3.8) is 0 Å². The molecule has 110 valence electrons. The van der Waals surface area contributed by atoms with Crippen molar-refractivity contribution >= 4 is 86.6 Å². The van der Waals surface area contributed by atoms with E-state index in [-0.39, 0.29) is 4.83 Å². The summed E-state index contributed by atoms with van der Waals surface area (Å²) < 4.78 is 0.972. The highest BCUT2D eigenvalue weighted by Crippen LogP contribution is 2.46. The fraction of sp³-hybridized carbons (Fsp3) is 0.250. The number of aliphatic hydroxyl groups is 1. The molecule has 1 aliphatic carbocycles. The third kappa shape index (κ3) is 2.80. The smallest absolute Gasteiger partial charge is 0.146 e. The molecule has 0 amide bonds. The first-order valence-electron chi connectivity index (χ1n) is 6.50. The van der Waals surface area contributed by atoms with E-state index < -0.39 is 4.51 Å². The molecule has 1 aliphatic rings. The van der Waals surface area contributed by atoms with Gasteiger partial charge in [0.25, 0.3) is 0 Å². The minimum absolute atomic E-state index is 0.202. The summed E-state index contributed by atoms with van der Waals surface area (Å²) in [6, 6.07) is 6.11. The Hall–Kier alpha value is 0.320. The molecule has 0 bridgehead atoms. The lowest BCUT2D eigenvalue weighted by atomic mass is 9.94. The second-order valence-corrected chi connectivity index (χ2v) is 9.87. The normalized spacial score (nSPS) is 17.2. The molecule has 0 saturated carbocycles. The van der Waals surface area contributed by atoms with E-state index in [1.54, 1.807) is 0 Å². The van der Waals surface area contributed by atoms with Crippen LogP contribution in [0.1, 0.15) is 30.0 Å². The summed E-state index contributed by atoms with van der Waals surface area (Å²) in [5.74, 6) is 0. The van der Waals surface area contributed by atoms with E-state index in [1.165, 1.54) is 16.5 Å². The van der Waals surface area contributed by atoms with E-state index in [4.69, 9.17) is 0 Å². The first kappa shape index (κ1) is 16.2. The Morgan fingerprint density at radius 3 is 2.52 bits per heavy atom. The van der Waals surface area contributed by atoms with Crippen molar-refractivity contribution in [1.29, 1.82) is 0 Å². The zero-order chi connectivity index (χ0) is 15.4. The van der Waals surface area contributed by atoms with Crippen molar-refractivity contribution in [2.45, 2.75) is 22.7 Å². The Labute approximate surface area is 157 Å². The standard InChI is InChI=1S/C16H12Br4O/c1-8(17)7-16(20,21)11-5-3-9-2-4-10-12(18)6-13(19)15(11)14(9)10/h2-6,8,21H,7H2,1H3. The number of hydrogen-bond acceptors (Lipinski definition) is 1. The number of alkyl halides is 2.